The molecule has 0 bridgehead atoms. The lowest BCUT2D eigenvalue weighted by molar-refractivity contribution is -0.396. The van der Waals surface area contributed by atoms with E-state index < -0.39 is 52.2 Å². The SMILES string of the molecule is CC(F)C(F)(F)C(F)(F)C(F)(F)C(F)(F)C(F)(F)S(=O)(=O)O.CCN. The van der Waals surface area contributed by atoms with Crippen molar-refractivity contribution in [1.29, 1.82) is 0 Å². The summed E-state index contributed by atoms with van der Waals surface area (Å²) in [7, 11) is -7.40. The third-order valence-corrected chi connectivity index (χ3v) is 3.30. The van der Waals surface area contributed by atoms with Crippen molar-refractivity contribution in [1.82, 2.24) is 0 Å². The lowest BCUT2D eigenvalue weighted by atomic mass is 9.96. The van der Waals surface area contributed by atoms with Crippen LogP contribution in [0.4, 0.5) is 48.3 Å². The molecule has 0 aliphatic carbocycles. The molecule has 0 aliphatic heterocycles. The molecule has 0 spiro atoms. The molecule has 0 saturated heterocycles. The van der Waals surface area contributed by atoms with Crippen molar-refractivity contribution in [3.05, 3.63) is 0 Å². The van der Waals surface area contributed by atoms with Crippen molar-refractivity contribution in [3.8, 4) is 0 Å². The van der Waals surface area contributed by atoms with Crippen molar-refractivity contribution in [2.24, 2.45) is 5.73 Å². The molecule has 0 radical (unpaired) electrons. The Morgan fingerprint density at radius 3 is 1.36 bits per heavy atom. The van der Waals surface area contributed by atoms with Gasteiger partial charge in [-0.05, 0) is 13.5 Å². The highest BCUT2D eigenvalue weighted by atomic mass is 32.2. The van der Waals surface area contributed by atoms with E-state index in [2.05, 4.69) is 0 Å². The second-order valence-corrected chi connectivity index (χ2v) is 5.83. The van der Waals surface area contributed by atoms with Crippen LogP contribution in [0.3, 0.4) is 0 Å². The molecule has 0 aromatic rings. The average molecular weight is 423 g/mol. The first-order valence-corrected chi connectivity index (χ1v) is 7.25. The molecule has 16 heteroatoms. The van der Waals surface area contributed by atoms with Crippen LogP contribution in [0.25, 0.3) is 0 Å². The van der Waals surface area contributed by atoms with Gasteiger partial charge in [0.05, 0.1) is 0 Å². The Morgan fingerprint density at radius 2 is 1.16 bits per heavy atom. The first-order valence-electron chi connectivity index (χ1n) is 5.81. The summed E-state index contributed by atoms with van der Waals surface area (Å²) in [5.74, 6) is -29.4. The van der Waals surface area contributed by atoms with E-state index in [-0.39, 0.29) is 0 Å². The molecule has 154 valence electrons. The second kappa shape index (κ2) is 7.38. The van der Waals surface area contributed by atoms with Crippen LogP contribution in [0.2, 0.25) is 0 Å². The van der Waals surface area contributed by atoms with Gasteiger partial charge in [0.2, 0.25) is 0 Å². The maximum atomic E-state index is 12.9. The van der Waals surface area contributed by atoms with Gasteiger partial charge in [-0.3, -0.25) is 4.55 Å². The zero-order chi connectivity index (χ0) is 21.3. The molecule has 0 aromatic carbocycles. The van der Waals surface area contributed by atoms with E-state index in [0.29, 0.717) is 0 Å². The van der Waals surface area contributed by atoms with Gasteiger partial charge in [-0.2, -0.15) is 52.3 Å². The van der Waals surface area contributed by atoms with Gasteiger partial charge in [0.15, 0.2) is 6.17 Å². The van der Waals surface area contributed by atoms with Gasteiger partial charge in [0.25, 0.3) is 0 Å². The summed E-state index contributed by atoms with van der Waals surface area (Å²) >= 11 is 0. The van der Waals surface area contributed by atoms with Crippen LogP contribution in [0.15, 0.2) is 0 Å². The first kappa shape index (κ1) is 26.3. The average Bonchev–Trinajstić information content (AvgIpc) is 2.36. The van der Waals surface area contributed by atoms with Crippen LogP contribution in [-0.2, 0) is 10.1 Å². The lowest BCUT2D eigenvalue weighted by Gasteiger charge is -2.38. The van der Waals surface area contributed by atoms with E-state index >= 15 is 0 Å². The molecule has 0 aliphatic rings. The molecule has 0 saturated carbocycles. The highest BCUT2D eigenvalue weighted by Gasteiger charge is 2.89. The van der Waals surface area contributed by atoms with Crippen molar-refractivity contribution in [2.75, 3.05) is 6.54 Å². The van der Waals surface area contributed by atoms with E-state index in [9.17, 15) is 56.7 Å². The van der Waals surface area contributed by atoms with Gasteiger partial charge >= 0.3 is 39.1 Å². The molecule has 3 N–H and O–H groups in total. The van der Waals surface area contributed by atoms with Gasteiger partial charge in [-0.25, -0.2) is 4.39 Å². The molecule has 4 nitrogen and oxygen atoms in total. The van der Waals surface area contributed by atoms with Gasteiger partial charge in [0, 0.05) is 0 Å². The monoisotopic (exact) mass is 423 g/mol. The molecule has 0 heterocycles. The number of nitrogens with two attached hydrogens (primary N) is 1. The van der Waals surface area contributed by atoms with Crippen LogP contribution < -0.4 is 5.73 Å². The topological polar surface area (TPSA) is 80.4 Å². The van der Waals surface area contributed by atoms with Crippen LogP contribution in [0.1, 0.15) is 13.8 Å². The fraction of sp³-hybridized carbons (Fsp3) is 1.00. The number of rotatable bonds is 6. The summed E-state index contributed by atoms with van der Waals surface area (Å²) in [6.07, 6.45) is -4.19. The maximum absolute atomic E-state index is 12.9. The summed E-state index contributed by atoms with van der Waals surface area (Å²) in [5, 5.41) is -7.26. The number of halogens is 11. The molecule has 25 heavy (non-hydrogen) atoms. The fourth-order valence-corrected chi connectivity index (χ4v) is 1.45. The van der Waals surface area contributed by atoms with Crippen molar-refractivity contribution in [2.45, 2.75) is 49.0 Å². The quantitative estimate of drug-likeness (QED) is 0.508. The largest absolute Gasteiger partial charge is 0.438 e. The smallest absolute Gasteiger partial charge is 0.331 e. The van der Waals surface area contributed by atoms with Crippen LogP contribution in [0, 0.1) is 0 Å². The first-order chi connectivity index (χ1) is 10.6. The van der Waals surface area contributed by atoms with E-state index in [1.54, 1.807) is 0 Å². The Balaban J connectivity index is 0. The normalized spacial score (nSPS) is 16.1. The summed E-state index contributed by atoms with van der Waals surface area (Å²) < 4.78 is 167. The molecule has 1 unspecified atom stereocenters. The molecule has 0 rings (SSSR count). The molecule has 1 atom stereocenters. The van der Waals surface area contributed by atoms with Gasteiger partial charge in [-0.1, -0.05) is 6.92 Å². The molecular weight excluding hydrogens is 411 g/mol. The molecular formula is C9H12F11NO3S. The third-order valence-electron chi connectivity index (χ3n) is 2.40. The third kappa shape index (κ3) is 4.10. The van der Waals surface area contributed by atoms with Crippen LogP contribution in [0.5, 0.6) is 0 Å². The zero-order valence-electron chi connectivity index (χ0n) is 12.2. The van der Waals surface area contributed by atoms with Gasteiger partial charge in [-0.15, -0.1) is 0 Å². The predicted molar refractivity (Wildman–Crippen MR) is 61.6 cm³/mol. The predicted octanol–water partition coefficient (Wildman–Crippen LogP) is 3.33. The Kier molecular flexibility index (Phi) is 7.77. The Labute approximate surface area is 133 Å². The summed E-state index contributed by atoms with van der Waals surface area (Å²) in [4.78, 5) is 0. The van der Waals surface area contributed by atoms with Crippen molar-refractivity contribution >= 4 is 10.1 Å². The van der Waals surface area contributed by atoms with E-state index in [4.69, 9.17) is 10.3 Å². The maximum Gasteiger partial charge on any atom is 0.438 e. The van der Waals surface area contributed by atoms with E-state index in [0.717, 1.165) is 6.54 Å². The van der Waals surface area contributed by atoms with Crippen LogP contribution in [-0.4, -0.2) is 54.6 Å². The molecule has 0 aromatic heterocycles. The second-order valence-electron chi connectivity index (χ2n) is 4.36. The Bertz CT molecular complexity index is 547. The van der Waals surface area contributed by atoms with Gasteiger partial charge < -0.3 is 5.73 Å². The Morgan fingerprint density at radius 1 is 0.880 bits per heavy atom. The fourth-order valence-electron chi connectivity index (χ4n) is 1.00. The number of hydrogen-bond acceptors (Lipinski definition) is 3. The van der Waals surface area contributed by atoms with E-state index in [1.165, 1.54) is 0 Å². The van der Waals surface area contributed by atoms with Crippen LogP contribution >= 0.6 is 0 Å². The summed E-state index contributed by atoms with van der Waals surface area (Å²) in [5.41, 5.74) is 4.85. The minimum absolute atomic E-state index is 0.455. The summed E-state index contributed by atoms with van der Waals surface area (Å²) in [6, 6.07) is 0. The lowest BCUT2D eigenvalue weighted by Crippen LogP contribution is -2.69. The Hall–Kier alpha value is -0.900. The summed E-state index contributed by atoms with van der Waals surface area (Å²) in [6.45, 7) is 2.20. The van der Waals surface area contributed by atoms with Crippen molar-refractivity contribution < 1.29 is 61.3 Å². The highest BCUT2D eigenvalue weighted by Crippen LogP contribution is 2.58. The van der Waals surface area contributed by atoms with E-state index in [1.807, 2.05) is 6.92 Å². The number of hydrogen-bond donors (Lipinski definition) is 2. The molecule has 0 fully saturated rings. The minimum atomic E-state index is -7.75. The standard InChI is InChI=1S/C7H5F11O3S.C2H7N/c1-2(8)3(9,10)4(11,12)5(13,14)6(15,16)7(17,18)22(19,20)21;1-2-3/h2H,1H3,(H,19,20,21);2-3H2,1H3. The van der Waals surface area contributed by atoms with Gasteiger partial charge in [0.1, 0.15) is 0 Å². The number of alkyl halides is 11. The zero-order valence-corrected chi connectivity index (χ0v) is 13.0. The highest BCUT2D eigenvalue weighted by molar-refractivity contribution is 7.87. The molecule has 0 amide bonds. The van der Waals surface area contributed by atoms with Crippen molar-refractivity contribution in [3.63, 3.8) is 0 Å². The minimum Gasteiger partial charge on any atom is -0.331 e.